The first-order valence-electron chi connectivity index (χ1n) is 5.71. The Morgan fingerprint density at radius 1 is 1.40 bits per heavy atom. The Kier molecular flexibility index (Phi) is 4.35. The van der Waals surface area contributed by atoms with Crippen molar-refractivity contribution in [2.75, 3.05) is 6.54 Å². The van der Waals surface area contributed by atoms with Gasteiger partial charge in [0.15, 0.2) is 0 Å². The quantitative estimate of drug-likeness (QED) is 0.805. The van der Waals surface area contributed by atoms with Crippen LogP contribution in [0, 0.1) is 6.92 Å². The predicted molar refractivity (Wildman–Crippen MR) is 69.8 cm³/mol. The van der Waals surface area contributed by atoms with Crippen molar-refractivity contribution in [1.82, 2.24) is 5.32 Å². The Hall–Kier alpha value is -0.340. The molecule has 0 radical (unpaired) electrons. The molecule has 1 nitrogen and oxygen atoms in total. The summed E-state index contributed by atoms with van der Waals surface area (Å²) in [5.74, 6) is 0. The lowest BCUT2D eigenvalue weighted by Crippen LogP contribution is -2.29. The average molecular weight is 225 g/mol. The van der Waals surface area contributed by atoms with Gasteiger partial charge < -0.3 is 5.32 Å². The molecule has 0 unspecified atom stereocenters. The Balaban J connectivity index is 2.51. The molecule has 86 valence electrons. The van der Waals surface area contributed by atoms with Gasteiger partial charge in [0.2, 0.25) is 0 Å². The summed E-state index contributed by atoms with van der Waals surface area (Å²) in [4.78, 5) is 1.41. The third kappa shape index (κ3) is 3.96. The van der Waals surface area contributed by atoms with Crippen LogP contribution >= 0.6 is 11.3 Å². The fraction of sp³-hybridized carbons (Fsp3) is 0.692. The maximum Gasteiger partial charge on any atom is 0.00172 e. The number of aryl methyl sites for hydroxylation is 1. The van der Waals surface area contributed by atoms with Crippen LogP contribution in [0.25, 0.3) is 0 Å². The van der Waals surface area contributed by atoms with Gasteiger partial charge in [0.1, 0.15) is 0 Å². The van der Waals surface area contributed by atoms with Crippen LogP contribution in [-0.4, -0.2) is 12.6 Å². The average Bonchev–Trinajstić information content (AvgIpc) is 2.51. The minimum absolute atomic E-state index is 0.298. The molecular formula is C13H23NS. The van der Waals surface area contributed by atoms with Gasteiger partial charge in [-0.05, 0) is 42.3 Å². The van der Waals surface area contributed by atoms with Crippen molar-refractivity contribution < 1.29 is 0 Å². The van der Waals surface area contributed by atoms with Crippen LogP contribution in [0.5, 0.6) is 0 Å². The van der Waals surface area contributed by atoms with E-state index in [-0.39, 0.29) is 0 Å². The van der Waals surface area contributed by atoms with Gasteiger partial charge >= 0.3 is 0 Å². The largest absolute Gasteiger partial charge is 0.315 e. The van der Waals surface area contributed by atoms with Crippen molar-refractivity contribution in [3.8, 4) is 0 Å². The predicted octanol–water partition coefficient (Wildman–Crippen LogP) is 3.72. The molecule has 0 amide bonds. The molecule has 1 heterocycles. The fourth-order valence-corrected chi connectivity index (χ4v) is 2.51. The van der Waals surface area contributed by atoms with E-state index in [2.05, 4.69) is 51.4 Å². The molecule has 0 atom stereocenters. The van der Waals surface area contributed by atoms with Gasteiger partial charge in [0, 0.05) is 10.9 Å². The zero-order valence-electron chi connectivity index (χ0n) is 10.6. The topological polar surface area (TPSA) is 12.0 Å². The Bertz CT molecular complexity index is 299. The molecule has 1 rings (SSSR count). The van der Waals surface area contributed by atoms with E-state index in [1.165, 1.54) is 16.9 Å². The number of rotatable bonds is 5. The monoisotopic (exact) mass is 225 g/mol. The second-order valence-electron chi connectivity index (χ2n) is 5.19. The van der Waals surface area contributed by atoms with Gasteiger partial charge in [-0.25, -0.2) is 0 Å². The standard InChI is InChI=1S/C13H23NS/c1-10(2)14-7-6-13(4,5)12-8-11(3)15-9-12/h8-10,14H,6-7H2,1-5H3. The summed E-state index contributed by atoms with van der Waals surface area (Å²) < 4.78 is 0. The van der Waals surface area contributed by atoms with Gasteiger partial charge in [-0.3, -0.25) is 0 Å². The van der Waals surface area contributed by atoms with Crippen LogP contribution in [0.4, 0.5) is 0 Å². The van der Waals surface area contributed by atoms with Crippen molar-refractivity contribution in [1.29, 1.82) is 0 Å². The van der Waals surface area contributed by atoms with E-state index in [0.717, 1.165) is 6.54 Å². The van der Waals surface area contributed by atoms with E-state index in [1.807, 2.05) is 11.3 Å². The summed E-state index contributed by atoms with van der Waals surface area (Å²) in [5, 5.41) is 5.78. The Morgan fingerprint density at radius 2 is 2.07 bits per heavy atom. The molecule has 0 bridgehead atoms. The second kappa shape index (κ2) is 5.13. The van der Waals surface area contributed by atoms with Crippen LogP contribution in [0.2, 0.25) is 0 Å². The maximum atomic E-state index is 3.48. The Morgan fingerprint density at radius 3 is 2.53 bits per heavy atom. The molecule has 0 saturated heterocycles. The SMILES string of the molecule is Cc1cc(C(C)(C)CCNC(C)C)cs1. The van der Waals surface area contributed by atoms with Gasteiger partial charge in [0.05, 0.1) is 0 Å². The van der Waals surface area contributed by atoms with Gasteiger partial charge in [-0.1, -0.05) is 27.7 Å². The smallest absolute Gasteiger partial charge is 0.00172 e. The van der Waals surface area contributed by atoms with Crippen molar-refractivity contribution in [2.45, 2.75) is 52.5 Å². The lowest BCUT2D eigenvalue weighted by molar-refractivity contribution is 0.442. The highest BCUT2D eigenvalue weighted by Gasteiger charge is 2.20. The third-order valence-electron chi connectivity index (χ3n) is 2.81. The van der Waals surface area contributed by atoms with Gasteiger partial charge in [-0.15, -0.1) is 11.3 Å². The number of hydrogen-bond donors (Lipinski definition) is 1. The fourth-order valence-electron chi connectivity index (χ4n) is 1.62. The van der Waals surface area contributed by atoms with Crippen LogP contribution in [0.15, 0.2) is 11.4 Å². The number of hydrogen-bond acceptors (Lipinski definition) is 2. The molecular weight excluding hydrogens is 202 g/mol. The minimum atomic E-state index is 0.298. The molecule has 0 spiro atoms. The third-order valence-corrected chi connectivity index (χ3v) is 3.68. The highest BCUT2D eigenvalue weighted by atomic mass is 32.1. The summed E-state index contributed by atoms with van der Waals surface area (Å²) in [6, 6.07) is 2.91. The first-order valence-corrected chi connectivity index (χ1v) is 6.59. The molecule has 1 aromatic heterocycles. The zero-order chi connectivity index (χ0) is 11.5. The van der Waals surface area contributed by atoms with Crippen LogP contribution in [0.1, 0.15) is 44.6 Å². The van der Waals surface area contributed by atoms with Crippen LogP contribution in [0.3, 0.4) is 0 Å². The van der Waals surface area contributed by atoms with Gasteiger partial charge in [-0.2, -0.15) is 0 Å². The van der Waals surface area contributed by atoms with Crippen LogP contribution < -0.4 is 5.32 Å². The van der Waals surface area contributed by atoms with Crippen molar-refractivity contribution >= 4 is 11.3 Å². The molecule has 0 fully saturated rings. The summed E-state index contributed by atoms with van der Waals surface area (Å²) in [7, 11) is 0. The molecule has 1 N–H and O–H groups in total. The highest BCUT2D eigenvalue weighted by Crippen LogP contribution is 2.30. The molecule has 15 heavy (non-hydrogen) atoms. The molecule has 1 aromatic rings. The van der Waals surface area contributed by atoms with Crippen molar-refractivity contribution in [3.63, 3.8) is 0 Å². The first-order chi connectivity index (χ1) is 6.92. The summed E-state index contributed by atoms with van der Waals surface area (Å²) in [5.41, 5.74) is 1.78. The molecule has 2 heteroatoms. The normalized spacial score (nSPS) is 12.4. The molecule has 0 aliphatic rings. The Labute approximate surface area is 97.9 Å². The number of thiophene rings is 1. The van der Waals surface area contributed by atoms with Crippen molar-refractivity contribution in [2.24, 2.45) is 0 Å². The highest BCUT2D eigenvalue weighted by molar-refractivity contribution is 7.10. The summed E-state index contributed by atoms with van der Waals surface area (Å²) >= 11 is 1.85. The molecule has 0 aromatic carbocycles. The lowest BCUT2D eigenvalue weighted by atomic mass is 9.83. The maximum absolute atomic E-state index is 3.48. The zero-order valence-corrected chi connectivity index (χ0v) is 11.4. The van der Waals surface area contributed by atoms with E-state index >= 15 is 0 Å². The van der Waals surface area contributed by atoms with E-state index in [4.69, 9.17) is 0 Å². The second-order valence-corrected chi connectivity index (χ2v) is 6.30. The summed E-state index contributed by atoms with van der Waals surface area (Å²) in [6.45, 7) is 12.3. The molecule has 0 saturated carbocycles. The van der Waals surface area contributed by atoms with E-state index in [1.54, 1.807) is 0 Å². The van der Waals surface area contributed by atoms with Gasteiger partial charge in [0.25, 0.3) is 0 Å². The van der Waals surface area contributed by atoms with E-state index in [0.29, 0.717) is 11.5 Å². The molecule has 0 aliphatic carbocycles. The molecule has 0 aliphatic heterocycles. The van der Waals surface area contributed by atoms with Crippen LogP contribution in [-0.2, 0) is 5.41 Å². The van der Waals surface area contributed by atoms with E-state index < -0.39 is 0 Å². The lowest BCUT2D eigenvalue weighted by Gasteiger charge is -2.24. The number of nitrogens with one attached hydrogen (secondary N) is 1. The van der Waals surface area contributed by atoms with E-state index in [9.17, 15) is 0 Å². The van der Waals surface area contributed by atoms with Crippen molar-refractivity contribution in [3.05, 3.63) is 21.9 Å². The summed E-state index contributed by atoms with van der Waals surface area (Å²) in [6.07, 6.45) is 1.20. The minimum Gasteiger partial charge on any atom is -0.315 e. The first kappa shape index (κ1) is 12.7.